The highest BCUT2D eigenvalue weighted by Gasteiger charge is 2.52. The predicted molar refractivity (Wildman–Crippen MR) is 96.9 cm³/mol. The molecule has 3 atom stereocenters. The summed E-state index contributed by atoms with van der Waals surface area (Å²) < 4.78 is 29.7. The van der Waals surface area contributed by atoms with Gasteiger partial charge in [0.05, 0.1) is 6.61 Å². The molecule has 0 aliphatic carbocycles. The average molecular weight is 375 g/mol. The number of Topliss-reactive ketones (excluding diaryl/α,β-unsaturated/α-hetero) is 1. The van der Waals surface area contributed by atoms with Gasteiger partial charge in [-0.2, -0.15) is 0 Å². The third-order valence-electron chi connectivity index (χ3n) is 5.22. The fourth-order valence-corrected chi connectivity index (χ4v) is 3.75. The lowest BCUT2D eigenvalue weighted by Crippen LogP contribution is -2.55. The third-order valence-corrected chi connectivity index (χ3v) is 9.73. The van der Waals surface area contributed by atoms with Crippen molar-refractivity contribution in [2.45, 2.75) is 96.5 Å². The molecule has 0 N–H and O–H groups in total. The minimum absolute atomic E-state index is 0.0216. The van der Waals surface area contributed by atoms with Crippen LogP contribution in [0.5, 0.6) is 0 Å². The number of ether oxygens (including phenoxy) is 4. The highest BCUT2D eigenvalue weighted by Crippen LogP contribution is 2.39. The number of hydrogen-bond donors (Lipinski definition) is 0. The summed E-state index contributed by atoms with van der Waals surface area (Å²) in [6.07, 6.45) is -1.57. The lowest BCUT2D eigenvalue weighted by Gasteiger charge is -2.39. The Morgan fingerprint density at radius 2 is 1.68 bits per heavy atom. The maximum absolute atomic E-state index is 12.4. The first-order valence-corrected chi connectivity index (χ1v) is 11.9. The van der Waals surface area contributed by atoms with Gasteiger partial charge in [-0.05, 0) is 45.8 Å². The molecule has 2 aliphatic rings. The Morgan fingerprint density at radius 1 is 1.08 bits per heavy atom. The molecule has 0 amide bonds. The molecule has 0 bridgehead atoms. The first kappa shape index (κ1) is 21.0. The predicted octanol–water partition coefficient (Wildman–Crippen LogP) is 3.25. The van der Waals surface area contributed by atoms with E-state index >= 15 is 0 Å². The van der Waals surface area contributed by atoms with Crippen molar-refractivity contribution in [3.05, 3.63) is 0 Å². The molecule has 2 aliphatic heterocycles. The van der Waals surface area contributed by atoms with Gasteiger partial charge in [0.15, 0.2) is 31.8 Å². The summed E-state index contributed by atoms with van der Waals surface area (Å²) in [5.41, 5.74) is 0. The van der Waals surface area contributed by atoms with E-state index in [4.69, 9.17) is 23.4 Å². The molecule has 146 valence electrons. The fourth-order valence-electron chi connectivity index (χ4n) is 2.74. The van der Waals surface area contributed by atoms with E-state index in [1.54, 1.807) is 13.8 Å². The quantitative estimate of drug-likeness (QED) is 0.704. The van der Waals surface area contributed by atoms with E-state index in [2.05, 4.69) is 33.9 Å². The minimum atomic E-state index is -1.93. The molecule has 25 heavy (non-hydrogen) atoms. The van der Waals surface area contributed by atoms with Gasteiger partial charge in [-0.1, -0.05) is 20.8 Å². The largest absolute Gasteiger partial charge is 0.414 e. The summed E-state index contributed by atoms with van der Waals surface area (Å²) in [6, 6.07) is 0. The summed E-state index contributed by atoms with van der Waals surface area (Å²) in [6.45, 7) is 18.7. The van der Waals surface area contributed by atoms with Crippen LogP contribution in [0.4, 0.5) is 0 Å². The molecular formula is C18H34O6Si. The Morgan fingerprint density at radius 3 is 2.24 bits per heavy atom. The van der Waals surface area contributed by atoms with Gasteiger partial charge in [0.2, 0.25) is 0 Å². The summed E-state index contributed by atoms with van der Waals surface area (Å²) in [7, 11) is -1.93. The van der Waals surface area contributed by atoms with Gasteiger partial charge in [-0.3, -0.25) is 4.79 Å². The van der Waals surface area contributed by atoms with Crippen molar-refractivity contribution < 1.29 is 28.2 Å². The standard InChI is InChI=1S/C18H34O6Si/c1-16(2,3)25(8,9)21-11-13-15(24-18(6,7)22-13)14-12(19)10-20-17(4,5)23-14/h13-15H,10-11H2,1-9H3/t13-,14+,15+/m0/s1. The van der Waals surface area contributed by atoms with Crippen LogP contribution in [0.25, 0.3) is 0 Å². The van der Waals surface area contributed by atoms with Gasteiger partial charge in [0, 0.05) is 0 Å². The maximum atomic E-state index is 12.4. The second-order valence-electron chi connectivity index (χ2n) is 9.40. The highest BCUT2D eigenvalue weighted by molar-refractivity contribution is 6.74. The van der Waals surface area contributed by atoms with Gasteiger partial charge in [-0.25, -0.2) is 0 Å². The van der Waals surface area contributed by atoms with E-state index in [9.17, 15) is 4.79 Å². The molecule has 2 saturated heterocycles. The molecule has 2 fully saturated rings. The van der Waals surface area contributed by atoms with Crippen LogP contribution in [0, 0.1) is 0 Å². The maximum Gasteiger partial charge on any atom is 0.192 e. The Hall–Kier alpha value is -0.313. The zero-order valence-corrected chi connectivity index (χ0v) is 18.1. The normalized spacial score (nSPS) is 32.8. The second kappa shape index (κ2) is 6.69. The molecule has 6 nitrogen and oxygen atoms in total. The molecular weight excluding hydrogens is 340 g/mol. The number of carbonyl (C=O) groups excluding carboxylic acids is 1. The first-order chi connectivity index (χ1) is 11.1. The Kier molecular flexibility index (Phi) is 5.62. The molecule has 2 rings (SSSR count). The van der Waals surface area contributed by atoms with Crippen molar-refractivity contribution in [2.24, 2.45) is 0 Å². The molecule has 0 radical (unpaired) electrons. The topological polar surface area (TPSA) is 63.2 Å². The molecule has 0 aromatic rings. The van der Waals surface area contributed by atoms with Crippen LogP contribution in [0.3, 0.4) is 0 Å². The zero-order valence-electron chi connectivity index (χ0n) is 17.1. The Balaban J connectivity index is 2.14. The number of ketones is 1. The lowest BCUT2D eigenvalue weighted by atomic mass is 10.0. The minimum Gasteiger partial charge on any atom is -0.414 e. The van der Waals surface area contributed by atoms with E-state index in [1.165, 1.54) is 0 Å². The van der Waals surface area contributed by atoms with Crippen molar-refractivity contribution in [3.63, 3.8) is 0 Å². The van der Waals surface area contributed by atoms with Crippen molar-refractivity contribution in [1.82, 2.24) is 0 Å². The van der Waals surface area contributed by atoms with Crippen LogP contribution < -0.4 is 0 Å². The number of carbonyl (C=O) groups is 1. The van der Waals surface area contributed by atoms with Gasteiger partial charge in [-0.15, -0.1) is 0 Å². The number of rotatable bonds is 4. The summed E-state index contributed by atoms with van der Waals surface area (Å²) >= 11 is 0. The van der Waals surface area contributed by atoms with E-state index < -0.39 is 32.1 Å². The highest BCUT2D eigenvalue weighted by atomic mass is 28.4. The van der Waals surface area contributed by atoms with Crippen LogP contribution in [0.1, 0.15) is 48.5 Å². The van der Waals surface area contributed by atoms with Crippen molar-refractivity contribution >= 4 is 14.1 Å². The van der Waals surface area contributed by atoms with Crippen LogP contribution in [0.15, 0.2) is 0 Å². The number of hydrogen-bond acceptors (Lipinski definition) is 6. The van der Waals surface area contributed by atoms with Gasteiger partial charge >= 0.3 is 0 Å². The monoisotopic (exact) mass is 374 g/mol. The molecule has 2 heterocycles. The van der Waals surface area contributed by atoms with Gasteiger partial charge in [0.1, 0.15) is 18.8 Å². The first-order valence-electron chi connectivity index (χ1n) is 8.98. The molecule has 0 aromatic heterocycles. The van der Waals surface area contributed by atoms with Crippen LogP contribution in [0.2, 0.25) is 18.1 Å². The molecule has 0 spiro atoms. The zero-order chi connectivity index (χ0) is 19.3. The summed E-state index contributed by atoms with van der Waals surface area (Å²) in [5, 5.41) is 0.102. The molecule has 0 unspecified atom stereocenters. The van der Waals surface area contributed by atoms with Crippen molar-refractivity contribution in [2.75, 3.05) is 13.2 Å². The second-order valence-corrected chi connectivity index (χ2v) is 14.2. The third kappa shape index (κ3) is 4.90. The van der Waals surface area contributed by atoms with Gasteiger partial charge < -0.3 is 23.4 Å². The summed E-state index contributed by atoms with van der Waals surface area (Å²) in [5.74, 6) is -1.72. The lowest BCUT2D eigenvalue weighted by molar-refractivity contribution is -0.275. The van der Waals surface area contributed by atoms with Crippen LogP contribution >= 0.6 is 0 Å². The fraction of sp³-hybridized carbons (Fsp3) is 0.944. The Bertz CT molecular complexity index is 508. The molecule has 0 saturated carbocycles. The van der Waals surface area contributed by atoms with Crippen LogP contribution in [-0.2, 0) is 28.2 Å². The van der Waals surface area contributed by atoms with E-state index in [0.29, 0.717) is 6.61 Å². The SMILES string of the molecule is CC1(C)O[C@@H]([C@@H]2OC(C)(C)OCC2=O)[C@H](CO[Si](C)(C)C(C)(C)C)O1. The van der Waals surface area contributed by atoms with Crippen molar-refractivity contribution in [3.8, 4) is 0 Å². The van der Waals surface area contributed by atoms with Gasteiger partial charge in [0.25, 0.3) is 0 Å². The Labute approximate surface area is 152 Å². The van der Waals surface area contributed by atoms with E-state index in [1.807, 2.05) is 13.8 Å². The molecule has 0 aromatic carbocycles. The van der Waals surface area contributed by atoms with Crippen LogP contribution in [-0.4, -0.2) is 57.2 Å². The van der Waals surface area contributed by atoms with E-state index in [-0.39, 0.29) is 23.5 Å². The molecule has 7 heteroatoms. The van der Waals surface area contributed by atoms with E-state index in [0.717, 1.165) is 0 Å². The summed E-state index contributed by atoms with van der Waals surface area (Å²) in [4.78, 5) is 12.4. The smallest absolute Gasteiger partial charge is 0.192 e. The average Bonchev–Trinajstić information content (AvgIpc) is 2.73. The van der Waals surface area contributed by atoms with Crippen molar-refractivity contribution in [1.29, 1.82) is 0 Å².